The third-order valence-corrected chi connectivity index (χ3v) is 5.18. The Morgan fingerprint density at radius 1 is 1.32 bits per heavy atom. The van der Waals surface area contributed by atoms with Crippen LogP contribution in [0.15, 0.2) is 24.3 Å². The number of hydrogen-bond donors (Lipinski definition) is 1. The Morgan fingerprint density at radius 2 is 2.05 bits per heavy atom. The van der Waals surface area contributed by atoms with Crippen molar-refractivity contribution in [2.24, 2.45) is 5.92 Å². The van der Waals surface area contributed by atoms with Crippen LogP contribution >= 0.6 is 11.6 Å². The molecule has 2 aliphatic rings. The third kappa shape index (κ3) is 3.82. The molecule has 22 heavy (non-hydrogen) atoms. The molecule has 0 spiro atoms. The smallest absolute Gasteiger partial charge is 0.223 e. The minimum Gasteiger partial charge on any atom is -0.333 e. The molecule has 0 radical (unpaired) electrons. The van der Waals surface area contributed by atoms with Crippen LogP contribution in [0.5, 0.6) is 0 Å². The Hall–Kier alpha value is -1.06. The summed E-state index contributed by atoms with van der Waals surface area (Å²) in [5.74, 6) is 0.993. The average molecular weight is 321 g/mol. The molecule has 2 fully saturated rings. The molecule has 1 amide bonds. The van der Waals surface area contributed by atoms with Crippen LogP contribution in [0.4, 0.5) is 0 Å². The van der Waals surface area contributed by atoms with E-state index in [0.29, 0.717) is 24.3 Å². The van der Waals surface area contributed by atoms with Gasteiger partial charge in [-0.25, -0.2) is 0 Å². The van der Waals surface area contributed by atoms with Crippen molar-refractivity contribution < 1.29 is 4.79 Å². The van der Waals surface area contributed by atoms with Crippen molar-refractivity contribution in [3.63, 3.8) is 0 Å². The van der Waals surface area contributed by atoms with Gasteiger partial charge in [-0.3, -0.25) is 4.79 Å². The average Bonchev–Trinajstić information content (AvgIpc) is 3.20. The van der Waals surface area contributed by atoms with Crippen LogP contribution in [-0.4, -0.2) is 29.9 Å². The molecule has 2 unspecified atom stereocenters. The first kappa shape index (κ1) is 15.8. The van der Waals surface area contributed by atoms with Gasteiger partial charge in [-0.1, -0.05) is 23.7 Å². The van der Waals surface area contributed by atoms with Gasteiger partial charge in [0.05, 0.1) is 6.04 Å². The molecule has 1 aromatic carbocycles. The Morgan fingerprint density at radius 3 is 2.64 bits per heavy atom. The molecular weight excluding hydrogens is 296 g/mol. The SMILES string of the molecule is CC(c1ccc(Cl)cc1)N(C(=O)CCC1CCNC1)C1CC1. The van der Waals surface area contributed by atoms with Gasteiger partial charge in [-0.15, -0.1) is 0 Å². The molecule has 0 aromatic heterocycles. The lowest BCUT2D eigenvalue weighted by molar-refractivity contribution is -0.134. The topological polar surface area (TPSA) is 32.3 Å². The summed E-state index contributed by atoms with van der Waals surface area (Å²) in [6.07, 6.45) is 5.20. The number of nitrogens with zero attached hydrogens (tertiary/aromatic N) is 1. The zero-order valence-electron chi connectivity index (χ0n) is 13.2. The van der Waals surface area contributed by atoms with Gasteiger partial charge in [0.15, 0.2) is 0 Å². The van der Waals surface area contributed by atoms with E-state index in [1.54, 1.807) is 0 Å². The predicted octanol–water partition coefficient (Wildman–Crippen LogP) is 3.78. The highest BCUT2D eigenvalue weighted by Gasteiger charge is 2.36. The number of benzene rings is 1. The van der Waals surface area contributed by atoms with Crippen LogP contribution in [0.2, 0.25) is 5.02 Å². The fourth-order valence-electron chi connectivity index (χ4n) is 3.41. The van der Waals surface area contributed by atoms with Crippen molar-refractivity contribution in [1.29, 1.82) is 0 Å². The molecule has 2 atom stereocenters. The molecular formula is C18H25ClN2O. The number of hydrogen-bond acceptors (Lipinski definition) is 2. The molecule has 1 saturated carbocycles. The Bertz CT molecular complexity index is 506. The first-order valence-electron chi connectivity index (χ1n) is 8.42. The highest BCUT2D eigenvalue weighted by Crippen LogP contribution is 2.35. The predicted molar refractivity (Wildman–Crippen MR) is 89.9 cm³/mol. The lowest BCUT2D eigenvalue weighted by Crippen LogP contribution is -2.35. The van der Waals surface area contributed by atoms with Gasteiger partial charge in [0, 0.05) is 17.5 Å². The van der Waals surface area contributed by atoms with E-state index in [9.17, 15) is 4.79 Å². The van der Waals surface area contributed by atoms with Crippen molar-refractivity contribution in [1.82, 2.24) is 10.2 Å². The highest BCUT2D eigenvalue weighted by molar-refractivity contribution is 6.30. The number of rotatable bonds is 6. The zero-order valence-corrected chi connectivity index (χ0v) is 14.0. The number of amides is 1. The lowest BCUT2D eigenvalue weighted by atomic mass is 10.0. The Kier molecular flexibility index (Phi) is 5.04. The summed E-state index contributed by atoms with van der Waals surface area (Å²) in [7, 11) is 0. The molecule has 1 N–H and O–H groups in total. The van der Waals surface area contributed by atoms with Crippen molar-refractivity contribution >= 4 is 17.5 Å². The van der Waals surface area contributed by atoms with E-state index in [4.69, 9.17) is 11.6 Å². The highest BCUT2D eigenvalue weighted by atomic mass is 35.5. The monoisotopic (exact) mass is 320 g/mol. The quantitative estimate of drug-likeness (QED) is 0.865. The number of carbonyl (C=O) groups excluding carboxylic acids is 1. The van der Waals surface area contributed by atoms with Crippen molar-refractivity contribution in [2.75, 3.05) is 13.1 Å². The first-order valence-corrected chi connectivity index (χ1v) is 8.80. The molecule has 1 aliphatic heterocycles. The van der Waals surface area contributed by atoms with Gasteiger partial charge >= 0.3 is 0 Å². The van der Waals surface area contributed by atoms with Gasteiger partial charge in [0.1, 0.15) is 0 Å². The van der Waals surface area contributed by atoms with Crippen LogP contribution in [0.1, 0.15) is 50.6 Å². The summed E-state index contributed by atoms with van der Waals surface area (Å²) in [6.45, 7) is 4.31. The second-order valence-electron chi connectivity index (χ2n) is 6.66. The molecule has 0 bridgehead atoms. The molecule has 3 rings (SSSR count). The van der Waals surface area contributed by atoms with Gasteiger partial charge < -0.3 is 10.2 Å². The summed E-state index contributed by atoms with van der Waals surface area (Å²) in [6, 6.07) is 8.48. The molecule has 1 heterocycles. The molecule has 1 aliphatic carbocycles. The van der Waals surface area contributed by atoms with E-state index in [-0.39, 0.29) is 6.04 Å². The van der Waals surface area contributed by atoms with Crippen LogP contribution in [-0.2, 0) is 4.79 Å². The zero-order chi connectivity index (χ0) is 15.5. The lowest BCUT2D eigenvalue weighted by Gasteiger charge is -2.30. The maximum Gasteiger partial charge on any atom is 0.223 e. The van der Waals surface area contributed by atoms with E-state index in [1.807, 2.05) is 24.3 Å². The normalized spacial score (nSPS) is 22.5. The maximum atomic E-state index is 12.7. The van der Waals surface area contributed by atoms with E-state index in [1.165, 1.54) is 12.0 Å². The van der Waals surface area contributed by atoms with E-state index >= 15 is 0 Å². The van der Waals surface area contributed by atoms with Crippen LogP contribution in [0.3, 0.4) is 0 Å². The molecule has 1 saturated heterocycles. The van der Waals surface area contributed by atoms with Crippen molar-refractivity contribution in [3.8, 4) is 0 Å². The number of nitrogens with one attached hydrogen (secondary N) is 1. The number of halogens is 1. The van der Waals surface area contributed by atoms with Gasteiger partial charge in [0.25, 0.3) is 0 Å². The van der Waals surface area contributed by atoms with E-state index in [2.05, 4.69) is 17.1 Å². The standard InChI is InChI=1S/C18H25ClN2O/c1-13(15-3-5-16(19)6-4-15)21(17-7-8-17)18(22)9-2-14-10-11-20-12-14/h3-6,13-14,17,20H,2,7-12H2,1H3. The first-order chi connectivity index (χ1) is 10.6. The molecule has 120 valence electrons. The molecule has 4 heteroatoms. The van der Waals surface area contributed by atoms with Gasteiger partial charge in [-0.2, -0.15) is 0 Å². The summed E-state index contributed by atoms with van der Waals surface area (Å²) >= 11 is 5.97. The van der Waals surface area contributed by atoms with Gasteiger partial charge in [0.2, 0.25) is 5.91 Å². The number of carbonyl (C=O) groups is 1. The van der Waals surface area contributed by atoms with Crippen molar-refractivity contribution in [2.45, 2.75) is 51.1 Å². The van der Waals surface area contributed by atoms with E-state index in [0.717, 1.165) is 37.4 Å². The second kappa shape index (κ2) is 7.01. The third-order valence-electron chi connectivity index (χ3n) is 4.93. The molecule has 1 aromatic rings. The Labute approximate surface area is 138 Å². The minimum atomic E-state index is 0.138. The maximum absolute atomic E-state index is 12.7. The summed E-state index contributed by atoms with van der Waals surface area (Å²) in [5.41, 5.74) is 1.17. The van der Waals surface area contributed by atoms with Crippen LogP contribution in [0.25, 0.3) is 0 Å². The fraction of sp³-hybridized carbons (Fsp3) is 0.611. The van der Waals surface area contributed by atoms with Crippen LogP contribution in [0, 0.1) is 5.92 Å². The van der Waals surface area contributed by atoms with E-state index < -0.39 is 0 Å². The van der Waals surface area contributed by atoms with Crippen molar-refractivity contribution in [3.05, 3.63) is 34.9 Å². The summed E-state index contributed by atoms with van der Waals surface area (Å²) < 4.78 is 0. The Balaban J connectivity index is 1.63. The fourth-order valence-corrected chi connectivity index (χ4v) is 3.53. The van der Waals surface area contributed by atoms with Gasteiger partial charge in [-0.05, 0) is 69.3 Å². The second-order valence-corrected chi connectivity index (χ2v) is 7.09. The summed E-state index contributed by atoms with van der Waals surface area (Å²) in [5, 5.41) is 4.12. The largest absolute Gasteiger partial charge is 0.333 e. The summed E-state index contributed by atoms with van der Waals surface area (Å²) in [4.78, 5) is 14.9. The molecule has 3 nitrogen and oxygen atoms in total. The minimum absolute atomic E-state index is 0.138. The van der Waals surface area contributed by atoms with Crippen LogP contribution < -0.4 is 5.32 Å².